The number of ether oxygens (including phenoxy) is 1. The summed E-state index contributed by atoms with van der Waals surface area (Å²) in [5.74, 6) is -1.20. The van der Waals surface area contributed by atoms with Crippen molar-refractivity contribution in [2.24, 2.45) is 0 Å². The molecule has 0 radical (unpaired) electrons. The predicted octanol–water partition coefficient (Wildman–Crippen LogP) is 3.97. The number of halogens is 4. The molecule has 21 heavy (non-hydrogen) atoms. The summed E-state index contributed by atoms with van der Waals surface area (Å²) in [5, 5.41) is 11.2. The van der Waals surface area contributed by atoms with Crippen molar-refractivity contribution >= 4 is 11.8 Å². The van der Waals surface area contributed by atoms with E-state index >= 15 is 0 Å². The van der Waals surface area contributed by atoms with Gasteiger partial charge in [0.2, 0.25) is 0 Å². The highest BCUT2D eigenvalue weighted by Gasteiger charge is 2.45. The van der Waals surface area contributed by atoms with Crippen LogP contribution in [-0.2, 0) is 5.60 Å². The lowest BCUT2D eigenvalue weighted by Gasteiger charge is -2.36. The van der Waals surface area contributed by atoms with E-state index in [4.69, 9.17) is 0 Å². The molecule has 0 aromatic heterocycles. The highest BCUT2D eigenvalue weighted by molar-refractivity contribution is 8.00. The average molecular weight is 322 g/mol. The number of fused-ring (bicyclic) bond motifs is 2. The smallest absolute Gasteiger partial charge is 0.406 e. The quantitative estimate of drug-likeness (QED) is 0.836. The maximum atomic E-state index is 14.0. The van der Waals surface area contributed by atoms with Crippen molar-refractivity contribution in [2.45, 2.75) is 48.1 Å². The molecule has 2 aliphatic heterocycles. The van der Waals surface area contributed by atoms with Gasteiger partial charge in [-0.1, -0.05) is 0 Å². The third kappa shape index (κ3) is 3.13. The van der Waals surface area contributed by atoms with Gasteiger partial charge in [0.25, 0.3) is 0 Å². The molecule has 1 aromatic rings. The average Bonchev–Trinajstić information content (AvgIpc) is 2.70. The molecule has 0 amide bonds. The normalized spacial score (nSPS) is 32.2. The van der Waals surface area contributed by atoms with Crippen LogP contribution in [0.15, 0.2) is 18.2 Å². The third-order valence-corrected chi connectivity index (χ3v) is 5.57. The van der Waals surface area contributed by atoms with Crippen LogP contribution >= 0.6 is 11.8 Å². The number of hydrogen-bond acceptors (Lipinski definition) is 3. The fraction of sp³-hybridized carbons (Fsp3) is 0.571. The monoisotopic (exact) mass is 322 g/mol. The molecule has 2 fully saturated rings. The van der Waals surface area contributed by atoms with E-state index in [1.54, 1.807) is 11.8 Å². The number of rotatable bonds is 2. The second-order valence-corrected chi connectivity index (χ2v) is 7.19. The van der Waals surface area contributed by atoms with Gasteiger partial charge < -0.3 is 9.84 Å². The second kappa shape index (κ2) is 5.05. The molecule has 0 aliphatic carbocycles. The number of thioether (sulfide) groups is 1. The van der Waals surface area contributed by atoms with Gasteiger partial charge in [0.05, 0.1) is 5.60 Å². The van der Waals surface area contributed by atoms with Gasteiger partial charge in [-0.2, -0.15) is 11.8 Å². The first-order valence-electron chi connectivity index (χ1n) is 6.69. The number of aliphatic hydroxyl groups is 1. The van der Waals surface area contributed by atoms with Crippen molar-refractivity contribution in [1.82, 2.24) is 0 Å². The molecule has 116 valence electrons. The lowest BCUT2D eigenvalue weighted by Crippen LogP contribution is -2.35. The van der Waals surface area contributed by atoms with E-state index < -0.39 is 23.5 Å². The topological polar surface area (TPSA) is 29.5 Å². The number of alkyl halides is 3. The largest absolute Gasteiger partial charge is 0.573 e. The van der Waals surface area contributed by atoms with Crippen LogP contribution in [0.4, 0.5) is 17.6 Å². The van der Waals surface area contributed by atoms with E-state index in [-0.39, 0.29) is 16.1 Å². The summed E-state index contributed by atoms with van der Waals surface area (Å²) in [6, 6.07) is 2.80. The van der Waals surface area contributed by atoms with E-state index in [9.17, 15) is 22.7 Å². The van der Waals surface area contributed by atoms with Crippen molar-refractivity contribution in [1.29, 1.82) is 0 Å². The molecule has 0 saturated carbocycles. The summed E-state index contributed by atoms with van der Waals surface area (Å²) in [6.45, 7) is 0. The van der Waals surface area contributed by atoms with E-state index in [0.717, 1.165) is 31.0 Å². The van der Waals surface area contributed by atoms with Crippen LogP contribution < -0.4 is 4.74 Å². The molecule has 3 rings (SSSR count). The Bertz CT molecular complexity index is 534. The molecule has 2 atom stereocenters. The Balaban J connectivity index is 1.92. The molecule has 2 nitrogen and oxygen atoms in total. The molecule has 1 aromatic carbocycles. The lowest BCUT2D eigenvalue weighted by molar-refractivity contribution is -0.274. The number of benzene rings is 1. The first-order valence-corrected chi connectivity index (χ1v) is 7.63. The van der Waals surface area contributed by atoms with Crippen molar-refractivity contribution in [3.05, 3.63) is 29.6 Å². The van der Waals surface area contributed by atoms with Crippen molar-refractivity contribution < 1.29 is 27.4 Å². The Hall–Kier alpha value is -0.950. The van der Waals surface area contributed by atoms with Gasteiger partial charge in [-0.05, 0) is 43.9 Å². The number of hydrogen-bond donors (Lipinski definition) is 1. The fourth-order valence-electron chi connectivity index (χ4n) is 3.20. The summed E-state index contributed by atoms with van der Waals surface area (Å²) in [6.07, 6.45) is -2.20. The Kier molecular flexibility index (Phi) is 3.60. The van der Waals surface area contributed by atoms with Crippen LogP contribution in [0.5, 0.6) is 5.75 Å². The molecule has 2 aliphatic rings. The lowest BCUT2D eigenvalue weighted by atomic mass is 9.85. The maximum Gasteiger partial charge on any atom is 0.573 e. The van der Waals surface area contributed by atoms with Crippen molar-refractivity contribution in [2.75, 3.05) is 0 Å². The minimum absolute atomic E-state index is 0.0959. The highest BCUT2D eigenvalue weighted by Crippen LogP contribution is 2.51. The minimum Gasteiger partial charge on any atom is -0.406 e. The molecule has 1 N–H and O–H groups in total. The van der Waals surface area contributed by atoms with Gasteiger partial charge in [-0.3, -0.25) is 0 Å². The van der Waals surface area contributed by atoms with E-state index in [1.807, 2.05) is 0 Å². The standard InChI is InChI=1S/C14H14F4O2S/c15-12-4-1-8(20-14(16,17)18)5-11(12)13(19)6-9-2-3-10(7-13)21-9/h1,4-5,9-10,19H,2-3,6-7H2. The van der Waals surface area contributed by atoms with Crippen LogP contribution in [0, 0.1) is 5.82 Å². The second-order valence-electron chi connectivity index (χ2n) is 5.59. The Morgan fingerprint density at radius 3 is 2.38 bits per heavy atom. The zero-order valence-electron chi connectivity index (χ0n) is 11.0. The summed E-state index contributed by atoms with van der Waals surface area (Å²) in [5.41, 5.74) is -1.51. The third-order valence-electron chi connectivity index (χ3n) is 4.00. The van der Waals surface area contributed by atoms with Gasteiger partial charge in [0.15, 0.2) is 0 Å². The van der Waals surface area contributed by atoms with Gasteiger partial charge in [-0.15, -0.1) is 13.2 Å². The summed E-state index contributed by atoms with van der Waals surface area (Å²) in [7, 11) is 0. The van der Waals surface area contributed by atoms with Gasteiger partial charge in [-0.25, -0.2) is 4.39 Å². The molecule has 0 spiro atoms. The molecule has 7 heteroatoms. The van der Waals surface area contributed by atoms with E-state index in [0.29, 0.717) is 12.8 Å². The predicted molar refractivity (Wildman–Crippen MR) is 70.6 cm³/mol. The van der Waals surface area contributed by atoms with Gasteiger partial charge >= 0.3 is 6.36 Å². The first kappa shape index (κ1) is 15.0. The minimum atomic E-state index is -4.83. The molecule has 2 unspecified atom stereocenters. The van der Waals surface area contributed by atoms with E-state index in [2.05, 4.69) is 4.74 Å². The Morgan fingerprint density at radius 2 is 1.81 bits per heavy atom. The highest BCUT2D eigenvalue weighted by atomic mass is 32.2. The van der Waals surface area contributed by atoms with Crippen molar-refractivity contribution in [3.63, 3.8) is 0 Å². The van der Waals surface area contributed by atoms with Crippen LogP contribution in [0.1, 0.15) is 31.2 Å². The summed E-state index contributed by atoms with van der Waals surface area (Å²) < 4.78 is 54.6. The zero-order chi connectivity index (χ0) is 15.3. The molecule has 2 saturated heterocycles. The van der Waals surface area contributed by atoms with Crippen LogP contribution in [0.2, 0.25) is 0 Å². The molecular weight excluding hydrogens is 308 g/mol. The van der Waals surface area contributed by atoms with Crippen LogP contribution in [0.3, 0.4) is 0 Å². The maximum absolute atomic E-state index is 14.0. The SMILES string of the molecule is OC1(c2cc(OC(F)(F)F)ccc2F)CC2CCC(C1)S2. The summed E-state index contributed by atoms with van der Waals surface area (Å²) in [4.78, 5) is 0. The summed E-state index contributed by atoms with van der Waals surface area (Å²) >= 11 is 1.78. The molecule has 2 heterocycles. The molecular formula is C14H14F4O2S. The molecule has 2 bridgehead atoms. The first-order chi connectivity index (χ1) is 9.75. The Morgan fingerprint density at radius 1 is 1.19 bits per heavy atom. The van der Waals surface area contributed by atoms with Crippen molar-refractivity contribution in [3.8, 4) is 5.75 Å². The zero-order valence-corrected chi connectivity index (χ0v) is 11.8. The van der Waals surface area contributed by atoms with Gasteiger partial charge in [0, 0.05) is 16.1 Å². The Labute approximate surface area is 123 Å². The fourth-order valence-corrected chi connectivity index (χ4v) is 5.03. The van der Waals surface area contributed by atoms with Crippen LogP contribution in [-0.4, -0.2) is 22.0 Å². The van der Waals surface area contributed by atoms with Gasteiger partial charge in [0.1, 0.15) is 11.6 Å². The van der Waals surface area contributed by atoms with Crippen LogP contribution in [0.25, 0.3) is 0 Å². The van der Waals surface area contributed by atoms with E-state index in [1.165, 1.54) is 0 Å².